The number of ether oxygens (including phenoxy) is 1. The predicted molar refractivity (Wildman–Crippen MR) is 128 cm³/mol. The molecule has 1 fully saturated rings. The molecule has 1 amide bonds. The molecule has 0 saturated carbocycles. The number of aromatic nitrogens is 3. The fourth-order valence-corrected chi connectivity index (χ4v) is 4.36. The third-order valence-electron chi connectivity index (χ3n) is 6.22. The number of carbonyl (C=O) groups is 1. The minimum atomic E-state index is -2.76. The minimum absolute atomic E-state index is 0.144. The Hall–Kier alpha value is -3.85. The van der Waals surface area contributed by atoms with E-state index >= 15 is 0 Å². The normalized spacial score (nSPS) is 14.6. The van der Waals surface area contributed by atoms with Crippen molar-refractivity contribution in [3.8, 4) is 17.0 Å². The van der Waals surface area contributed by atoms with Gasteiger partial charge in [-0.2, -0.15) is 5.10 Å². The van der Waals surface area contributed by atoms with Gasteiger partial charge in [0.2, 0.25) is 0 Å². The molecule has 0 bridgehead atoms. The highest BCUT2D eigenvalue weighted by molar-refractivity contribution is 6.00. The monoisotopic (exact) mass is 477 g/mol. The van der Waals surface area contributed by atoms with Gasteiger partial charge in [-0.3, -0.25) is 9.69 Å². The Bertz CT molecular complexity index is 1330. The first-order valence-corrected chi connectivity index (χ1v) is 11.4. The second kappa shape index (κ2) is 9.79. The van der Waals surface area contributed by atoms with Gasteiger partial charge in [0.1, 0.15) is 17.0 Å². The highest BCUT2D eigenvalue weighted by atomic mass is 19.3. The first-order chi connectivity index (χ1) is 17.0. The SMILES string of the molecule is COc1cccc(CN2CCN(C(=O)c3cnn4c(C(F)F)cc(-c5ccccc5)nc34)CC2)c1. The summed E-state index contributed by atoms with van der Waals surface area (Å²) >= 11 is 0. The Morgan fingerprint density at radius 1 is 1.03 bits per heavy atom. The Kier molecular flexibility index (Phi) is 6.41. The van der Waals surface area contributed by atoms with Gasteiger partial charge in [0, 0.05) is 38.3 Å². The summed E-state index contributed by atoms with van der Waals surface area (Å²) in [4.78, 5) is 21.9. The summed E-state index contributed by atoms with van der Waals surface area (Å²) in [6.07, 6.45) is -1.42. The summed E-state index contributed by atoms with van der Waals surface area (Å²) < 4.78 is 34.0. The molecule has 2 aromatic carbocycles. The van der Waals surface area contributed by atoms with Crippen LogP contribution in [0.5, 0.6) is 5.75 Å². The highest BCUT2D eigenvalue weighted by Gasteiger charge is 2.27. The summed E-state index contributed by atoms with van der Waals surface area (Å²) in [6, 6.07) is 18.3. The van der Waals surface area contributed by atoms with Gasteiger partial charge >= 0.3 is 0 Å². The number of amides is 1. The molecule has 0 unspecified atom stereocenters. The van der Waals surface area contributed by atoms with Crippen LogP contribution < -0.4 is 4.74 Å². The molecular weight excluding hydrogens is 452 g/mol. The van der Waals surface area contributed by atoms with Crippen LogP contribution in [-0.2, 0) is 6.54 Å². The van der Waals surface area contributed by atoms with E-state index in [0.717, 1.165) is 22.4 Å². The van der Waals surface area contributed by atoms with E-state index in [-0.39, 0.29) is 22.8 Å². The molecule has 1 aliphatic heterocycles. The molecule has 7 nitrogen and oxygen atoms in total. The number of benzene rings is 2. The predicted octanol–water partition coefficient (Wildman–Crippen LogP) is 4.30. The molecule has 0 N–H and O–H groups in total. The summed E-state index contributed by atoms with van der Waals surface area (Å²) in [5.41, 5.74) is 2.30. The van der Waals surface area contributed by atoms with Crippen LogP contribution in [0.25, 0.3) is 16.9 Å². The number of methoxy groups -OCH3 is 1. The van der Waals surface area contributed by atoms with Gasteiger partial charge in [0.25, 0.3) is 12.3 Å². The van der Waals surface area contributed by atoms with Gasteiger partial charge < -0.3 is 9.64 Å². The van der Waals surface area contributed by atoms with Gasteiger partial charge in [-0.25, -0.2) is 18.3 Å². The van der Waals surface area contributed by atoms with Gasteiger partial charge in [0.15, 0.2) is 5.65 Å². The Morgan fingerprint density at radius 3 is 2.51 bits per heavy atom. The second-order valence-electron chi connectivity index (χ2n) is 8.45. The largest absolute Gasteiger partial charge is 0.497 e. The molecule has 9 heteroatoms. The molecule has 0 radical (unpaired) electrons. The molecular formula is C26H25F2N5O2. The molecule has 4 aromatic rings. The molecule has 0 spiro atoms. The molecule has 0 aliphatic carbocycles. The number of piperazine rings is 1. The van der Waals surface area contributed by atoms with Crippen molar-refractivity contribution in [2.75, 3.05) is 33.3 Å². The lowest BCUT2D eigenvalue weighted by Gasteiger charge is -2.34. The topological polar surface area (TPSA) is 63.0 Å². The standard InChI is InChI=1S/C26H25F2N5O2/c1-35-20-9-5-6-18(14-20)17-31-10-12-32(13-11-31)26(34)21-16-29-33-23(24(27)28)15-22(30-25(21)33)19-7-3-2-4-8-19/h2-9,14-16,24H,10-13,17H2,1H3. The van der Waals surface area contributed by atoms with E-state index in [9.17, 15) is 13.6 Å². The van der Waals surface area contributed by atoms with Crippen LogP contribution in [0.4, 0.5) is 8.78 Å². The van der Waals surface area contributed by atoms with Crippen molar-refractivity contribution in [3.63, 3.8) is 0 Å². The molecule has 180 valence electrons. The first-order valence-electron chi connectivity index (χ1n) is 11.4. The van der Waals surface area contributed by atoms with Crippen LogP contribution in [0.15, 0.2) is 66.9 Å². The smallest absolute Gasteiger partial charge is 0.280 e. The summed E-state index contributed by atoms with van der Waals surface area (Å²) in [5, 5.41) is 4.08. The molecule has 3 heterocycles. The van der Waals surface area contributed by atoms with Crippen molar-refractivity contribution in [3.05, 3.63) is 83.7 Å². The fourth-order valence-electron chi connectivity index (χ4n) is 4.36. The van der Waals surface area contributed by atoms with Crippen molar-refractivity contribution in [2.45, 2.75) is 13.0 Å². The van der Waals surface area contributed by atoms with Gasteiger partial charge in [-0.05, 0) is 23.8 Å². The van der Waals surface area contributed by atoms with E-state index in [1.165, 1.54) is 12.3 Å². The maximum atomic E-state index is 13.8. The summed E-state index contributed by atoms with van der Waals surface area (Å²) in [7, 11) is 1.64. The van der Waals surface area contributed by atoms with E-state index in [0.29, 0.717) is 37.4 Å². The van der Waals surface area contributed by atoms with E-state index in [1.807, 2.05) is 36.4 Å². The number of rotatable bonds is 6. The van der Waals surface area contributed by atoms with Gasteiger partial charge in [-0.1, -0.05) is 42.5 Å². The lowest BCUT2D eigenvalue weighted by atomic mass is 10.1. The van der Waals surface area contributed by atoms with Crippen LogP contribution in [0.1, 0.15) is 28.0 Å². The third-order valence-corrected chi connectivity index (χ3v) is 6.22. The van der Waals surface area contributed by atoms with E-state index in [1.54, 1.807) is 24.1 Å². The molecule has 1 aliphatic rings. The zero-order valence-corrected chi connectivity index (χ0v) is 19.3. The van der Waals surface area contributed by atoms with Crippen molar-refractivity contribution in [1.82, 2.24) is 24.4 Å². The van der Waals surface area contributed by atoms with Crippen LogP contribution in [0, 0.1) is 0 Å². The lowest BCUT2D eigenvalue weighted by molar-refractivity contribution is 0.0630. The number of alkyl halides is 2. The number of hydrogen-bond donors (Lipinski definition) is 0. The fraction of sp³-hybridized carbons (Fsp3) is 0.269. The maximum Gasteiger partial charge on any atom is 0.280 e. The molecule has 5 rings (SSSR count). The van der Waals surface area contributed by atoms with E-state index in [4.69, 9.17) is 4.74 Å². The van der Waals surface area contributed by atoms with Crippen LogP contribution in [0.3, 0.4) is 0 Å². The maximum absolute atomic E-state index is 13.8. The van der Waals surface area contributed by atoms with E-state index < -0.39 is 6.43 Å². The molecule has 35 heavy (non-hydrogen) atoms. The summed E-state index contributed by atoms with van der Waals surface area (Å²) in [6.45, 7) is 3.22. The number of nitrogens with zero attached hydrogens (tertiary/aromatic N) is 5. The van der Waals surface area contributed by atoms with Crippen molar-refractivity contribution < 1.29 is 18.3 Å². The Labute approximate surface area is 201 Å². The lowest BCUT2D eigenvalue weighted by Crippen LogP contribution is -2.48. The third kappa shape index (κ3) is 4.72. The number of fused-ring (bicyclic) bond motifs is 1. The van der Waals surface area contributed by atoms with E-state index in [2.05, 4.69) is 21.0 Å². The van der Waals surface area contributed by atoms with Crippen molar-refractivity contribution in [2.24, 2.45) is 0 Å². The van der Waals surface area contributed by atoms with Crippen LogP contribution in [-0.4, -0.2) is 63.6 Å². The molecule has 2 aromatic heterocycles. The minimum Gasteiger partial charge on any atom is -0.497 e. The Balaban J connectivity index is 1.36. The number of halogens is 2. The molecule has 1 saturated heterocycles. The first kappa shape index (κ1) is 22.9. The van der Waals surface area contributed by atoms with Crippen molar-refractivity contribution in [1.29, 1.82) is 0 Å². The average Bonchev–Trinajstić information content (AvgIpc) is 3.32. The second-order valence-corrected chi connectivity index (χ2v) is 8.45. The Morgan fingerprint density at radius 2 is 1.80 bits per heavy atom. The van der Waals surface area contributed by atoms with Gasteiger partial charge in [-0.15, -0.1) is 0 Å². The van der Waals surface area contributed by atoms with Gasteiger partial charge in [0.05, 0.1) is 19.0 Å². The molecule has 0 atom stereocenters. The highest BCUT2D eigenvalue weighted by Crippen LogP contribution is 2.27. The number of hydrogen-bond acceptors (Lipinski definition) is 5. The number of carbonyl (C=O) groups excluding carboxylic acids is 1. The zero-order valence-electron chi connectivity index (χ0n) is 19.3. The average molecular weight is 478 g/mol. The summed E-state index contributed by atoms with van der Waals surface area (Å²) in [5.74, 6) is 0.564. The van der Waals surface area contributed by atoms with Crippen LogP contribution in [0.2, 0.25) is 0 Å². The van der Waals surface area contributed by atoms with Crippen LogP contribution >= 0.6 is 0 Å². The zero-order chi connectivity index (χ0) is 24.4. The quantitative estimate of drug-likeness (QED) is 0.414. The van der Waals surface area contributed by atoms with Crippen molar-refractivity contribution >= 4 is 11.6 Å².